The maximum Gasteiger partial charge on any atom is 0.123 e. The third-order valence-corrected chi connectivity index (χ3v) is 5.71. The van der Waals surface area contributed by atoms with Crippen molar-refractivity contribution in [2.45, 2.75) is 51.2 Å². The Hall–Kier alpha value is -2.57. The van der Waals surface area contributed by atoms with E-state index in [0.717, 1.165) is 63.4 Å². The molecule has 1 unspecified atom stereocenters. The van der Waals surface area contributed by atoms with Crippen LogP contribution >= 0.6 is 0 Å². The van der Waals surface area contributed by atoms with E-state index in [0.29, 0.717) is 6.04 Å². The van der Waals surface area contributed by atoms with Gasteiger partial charge in [0.1, 0.15) is 5.82 Å². The van der Waals surface area contributed by atoms with E-state index in [1.54, 1.807) is 0 Å². The van der Waals surface area contributed by atoms with Crippen molar-refractivity contribution in [3.05, 3.63) is 77.9 Å². The van der Waals surface area contributed by atoms with E-state index in [9.17, 15) is 0 Å². The summed E-state index contributed by atoms with van der Waals surface area (Å²) < 4.78 is 2.21. The van der Waals surface area contributed by atoms with Gasteiger partial charge in [-0.1, -0.05) is 12.1 Å². The average molecular weight is 391 g/mol. The lowest BCUT2D eigenvalue weighted by atomic mass is 9.90. The Morgan fingerprint density at radius 1 is 1.03 bits per heavy atom. The van der Waals surface area contributed by atoms with Crippen molar-refractivity contribution in [3.63, 3.8) is 0 Å². The number of rotatable bonds is 9. The minimum atomic E-state index is 0.345. The van der Waals surface area contributed by atoms with E-state index >= 15 is 0 Å². The Morgan fingerprint density at radius 2 is 1.97 bits per heavy atom. The van der Waals surface area contributed by atoms with Gasteiger partial charge in [0.15, 0.2) is 0 Å². The van der Waals surface area contributed by atoms with Crippen LogP contribution in [0.4, 0.5) is 0 Å². The first kappa shape index (κ1) is 19.7. The smallest absolute Gasteiger partial charge is 0.123 e. The molecule has 0 aliphatic heterocycles. The molecule has 0 amide bonds. The fraction of sp³-hybridized carbons (Fsp3) is 0.435. The molecular weight excluding hydrogens is 360 g/mol. The van der Waals surface area contributed by atoms with Crippen molar-refractivity contribution in [1.29, 1.82) is 0 Å². The lowest BCUT2D eigenvalue weighted by molar-refractivity contribution is 0.157. The number of hydrogen-bond donors (Lipinski definition) is 1. The third-order valence-electron chi connectivity index (χ3n) is 5.71. The molecule has 0 spiro atoms. The standard InChI is InChI=1S/C23H30N6/c24-11-2-4-15-28(21-10-5-7-19-8-6-13-27-23(19)21)18-22-26-14-16-29(22)17-20-9-1-3-12-25-20/h1,3,6,8-9,12-14,16,21H,2,4-5,7,10-11,15,17-18,24H2. The number of pyridine rings is 2. The van der Waals surface area contributed by atoms with Gasteiger partial charge >= 0.3 is 0 Å². The van der Waals surface area contributed by atoms with E-state index in [1.807, 2.05) is 30.7 Å². The van der Waals surface area contributed by atoms with E-state index in [1.165, 1.54) is 17.7 Å². The normalized spacial score (nSPS) is 16.1. The van der Waals surface area contributed by atoms with Crippen molar-refractivity contribution in [3.8, 4) is 0 Å². The van der Waals surface area contributed by atoms with E-state index in [2.05, 4.69) is 43.8 Å². The molecule has 0 fully saturated rings. The highest BCUT2D eigenvalue weighted by molar-refractivity contribution is 5.25. The Labute approximate surface area is 172 Å². The van der Waals surface area contributed by atoms with Gasteiger partial charge < -0.3 is 10.3 Å². The Bertz CT molecular complexity index is 891. The monoisotopic (exact) mass is 390 g/mol. The van der Waals surface area contributed by atoms with Gasteiger partial charge in [0.2, 0.25) is 0 Å². The van der Waals surface area contributed by atoms with Crippen LogP contribution in [0.1, 0.15) is 54.5 Å². The molecular formula is C23H30N6. The van der Waals surface area contributed by atoms with Crippen LogP contribution in [0.25, 0.3) is 0 Å². The quantitative estimate of drug-likeness (QED) is 0.567. The minimum Gasteiger partial charge on any atom is -0.330 e. The molecule has 0 radical (unpaired) electrons. The number of aryl methyl sites for hydroxylation is 1. The van der Waals surface area contributed by atoms with Crippen LogP contribution in [0.15, 0.2) is 55.1 Å². The number of unbranched alkanes of at least 4 members (excludes halogenated alkanes) is 1. The van der Waals surface area contributed by atoms with Gasteiger partial charge in [0.25, 0.3) is 0 Å². The number of hydrogen-bond acceptors (Lipinski definition) is 5. The second kappa shape index (κ2) is 9.76. The maximum atomic E-state index is 5.76. The van der Waals surface area contributed by atoms with E-state index in [4.69, 9.17) is 10.7 Å². The highest BCUT2D eigenvalue weighted by Crippen LogP contribution is 2.33. The van der Waals surface area contributed by atoms with Crippen LogP contribution in [-0.2, 0) is 19.5 Å². The summed E-state index contributed by atoms with van der Waals surface area (Å²) in [7, 11) is 0. The first-order valence-electron chi connectivity index (χ1n) is 10.6. The van der Waals surface area contributed by atoms with Crippen LogP contribution in [0.3, 0.4) is 0 Å². The number of fused-ring (bicyclic) bond motifs is 1. The molecule has 0 aromatic carbocycles. The van der Waals surface area contributed by atoms with Crippen LogP contribution in [0.5, 0.6) is 0 Å². The zero-order valence-corrected chi connectivity index (χ0v) is 17.0. The van der Waals surface area contributed by atoms with Crippen molar-refractivity contribution >= 4 is 0 Å². The number of aromatic nitrogens is 4. The Morgan fingerprint density at radius 3 is 2.83 bits per heavy atom. The van der Waals surface area contributed by atoms with Crippen LogP contribution in [-0.4, -0.2) is 37.5 Å². The van der Waals surface area contributed by atoms with Crippen LogP contribution in [0, 0.1) is 0 Å². The minimum absolute atomic E-state index is 0.345. The van der Waals surface area contributed by atoms with Gasteiger partial charge in [-0.2, -0.15) is 0 Å². The highest BCUT2D eigenvalue weighted by atomic mass is 15.2. The van der Waals surface area contributed by atoms with Gasteiger partial charge in [-0.15, -0.1) is 0 Å². The third kappa shape index (κ3) is 4.89. The van der Waals surface area contributed by atoms with Gasteiger partial charge in [-0.05, 0) is 69.0 Å². The predicted octanol–water partition coefficient (Wildman–Crippen LogP) is 3.34. The lowest BCUT2D eigenvalue weighted by Crippen LogP contribution is -2.33. The molecule has 4 rings (SSSR count). The second-order valence-corrected chi connectivity index (χ2v) is 7.71. The molecule has 0 saturated carbocycles. The van der Waals surface area contributed by atoms with Gasteiger partial charge in [0.05, 0.1) is 30.5 Å². The summed E-state index contributed by atoms with van der Waals surface area (Å²) in [5.41, 5.74) is 9.45. The second-order valence-electron chi connectivity index (χ2n) is 7.71. The number of nitrogens with two attached hydrogens (primary N) is 1. The zero-order chi connectivity index (χ0) is 19.9. The molecule has 3 aromatic rings. The molecule has 1 aliphatic rings. The summed E-state index contributed by atoms with van der Waals surface area (Å²) in [6.07, 6.45) is 13.3. The first-order chi connectivity index (χ1) is 14.3. The van der Waals surface area contributed by atoms with Gasteiger partial charge in [-0.25, -0.2) is 4.98 Å². The van der Waals surface area contributed by atoms with Crippen molar-refractivity contribution in [2.24, 2.45) is 5.73 Å². The summed E-state index contributed by atoms with van der Waals surface area (Å²) in [5.74, 6) is 1.08. The zero-order valence-electron chi connectivity index (χ0n) is 17.0. The summed E-state index contributed by atoms with van der Waals surface area (Å²) in [5, 5.41) is 0. The van der Waals surface area contributed by atoms with Crippen molar-refractivity contribution < 1.29 is 0 Å². The fourth-order valence-corrected chi connectivity index (χ4v) is 4.23. The summed E-state index contributed by atoms with van der Waals surface area (Å²) in [6, 6.07) is 10.7. The highest BCUT2D eigenvalue weighted by Gasteiger charge is 2.27. The van der Waals surface area contributed by atoms with Gasteiger partial charge in [0, 0.05) is 24.8 Å². The molecule has 0 saturated heterocycles. The summed E-state index contributed by atoms with van der Waals surface area (Å²) in [4.78, 5) is 16.5. The molecule has 2 N–H and O–H groups in total. The topological polar surface area (TPSA) is 72.9 Å². The van der Waals surface area contributed by atoms with Crippen molar-refractivity contribution in [2.75, 3.05) is 13.1 Å². The largest absolute Gasteiger partial charge is 0.330 e. The SMILES string of the molecule is NCCCCN(Cc1nccn1Cc1ccccn1)C1CCCc2cccnc21. The van der Waals surface area contributed by atoms with Crippen LogP contribution in [0.2, 0.25) is 0 Å². The first-order valence-corrected chi connectivity index (χ1v) is 10.6. The molecule has 1 aliphatic carbocycles. The molecule has 6 nitrogen and oxygen atoms in total. The average Bonchev–Trinajstić information content (AvgIpc) is 3.20. The maximum absolute atomic E-state index is 5.76. The molecule has 1 atom stereocenters. The predicted molar refractivity (Wildman–Crippen MR) is 114 cm³/mol. The summed E-state index contributed by atoms with van der Waals surface area (Å²) in [6.45, 7) is 3.30. The molecule has 3 heterocycles. The number of imidazole rings is 1. The Kier molecular flexibility index (Phi) is 6.64. The lowest BCUT2D eigenvalue weighted by Gasteiger charge is -2.35. The number of nitrogens with zero attached hydrogens (tertiary/aromatic N) is 5. The van der Waals surface area contributed by atoms with Crippen LogP contribution < -0.4 is 5.73 Å². The fourth-order valence-electron chi connectivity index (χ4n) is 4.23. The Balaban J connectivity index is 1.55. The van der Waals surface area contributed by atoms with Crippen molar-refractivity contribution in [1.82, 2.24) is 24.4 Å². The van der Waals surface area contributed by atoms with E-state index in [-0.39, 0.29) is 0 Å². The molecule has 6 heteroatoms. The summed E-state index contributed by atoms with van der Waals surface area (Å²) >= 11 is 0. The van der Waals surface area contributed by atoms with Gasteiger partial charge in [-0.3, -0.25) is 14.9 Å². The molecule has 0 bridgehead atoms. The molecule has 152 valence electrons. The molecule has 29 heavy (non-hydrogen) atoms. The van der Waals surface area contributed by atoms with E-state index < -0.39 is 0 Å². The molecule has 3 aromatic heterocycles.